The molecule has 0 aromatic rings. The van der Waals surface area contributed by atoms with Gasteiger partial charge in [-0.15, -0.1) is 0 Å². The summed E-state index contributed by atoms with van der Waals surface area (Å²) in [5, 5.41) is 3.36. The van der Waals surface area contributed by atoms with Gasteiger partial charge in [-0.05, 0) is 37.5 Å². The van der Waals surface area contributed by atoms with Gasteiger partial charge in [0.2, 0.25) is 0 Å². The smallest absolute Gasteiger partial charge is 0.296 e. The first kappa shape index (κ1) is 13.7. The highest BCUT2D eigenvalue weighted by Gasteiger charge is 2.41. The van der Waals surface area contributed by atoms with Crippen molar-refractivity contribution in [1.82, 2.24) is 5.32 Å². The molecule has 0 spiro atoms. The summed E-state index contributed by atoms with van der Waals surface area (Å²) < 4.78 is 5.80. The summed E-state index contributed by atoms with van der Waals surface area (Å²) in [6, 6.07) is 0. The van der Waals surface area contributed by atoms with Gasteiger partial charge in [0.1, 0.15) is 0 Å². The van der Waals surface area contributed by atoms with Crippen LogP contribution in [0, 0.1) is 5.92 Å². The molecule has 94 valence electrons. The van der Waals surface area contributed by atoms with Crippen molar-refractivity contribution in [2.24, 2.45) is 5.92 Å². The molecule has 1 atom stereocenters. The largest absolute Gasteiger partial charge is 0.519 e. The van der Waals surface area contributed by atoms with E-state index in [0.717, 1.165) is 25.9 Å². The third-order valence-electron chi connectivity index (χ3n) is 3.79. The summed E-state index contributed by atoms with van der Waals surface area (Å²) in [7, 11) is -1.93. The van der Waals surface area contributed by atoms with E-state index in [1.807, 2.05) is 0 Å². The van der Waals surface area contributed by atoms with Crippen LogP contribution in [0.2, 0.25) is 18.1 Å². The lowest BCUT2D eigenvalue weighted by Gasteiger charge is -2.37. The van der Waals surface area contributed by atoms with E-state index >= 15 is 0 Å². The quantitative estimate of drug-likeness (QED) is 0.757. The van der Waals surface area contributed by atoms with Crippen LogP contribution in [0.15, 0.2) is 0 Å². The topological polar surface area (TPSA) is 38.3 Å². The Morgan fingerprint density at radius 2 is 2.00 bits per heavy atom. The monoisotopic (exact) mass is 243 g/mol. The molecule has 1 fully saturated rings. The average Bonchev–Trinajstić information content (AvgIpc) is 2.16. The zero-order valence-corrected chi connectivity index (χ0v) is 12.2. The Kier molecular flexibility index (Phi) is 4.18. The second kappa shape index (κ2) is 4.88. The molecule has 3 nitrogen and oxygen atoms in total. The van der Waals surface area contributed by atoms with Crippen LogP contribution >= 0.6 is 0 Å². The zero-order valence-electron chi connectivity index (χ0n) is 11.2. The van der Waals surface area contributed by atoms with Gasteiger partial charge >= 0.3 is 0 Å². The van der Waals surface area contributed by atoms with Crippen molar-refractivity contribution in [3.8, 4) is 0 Å². The van der Waals surface area contributed by atoms with Crippen LogP contribution in [0.3, 0.4) is 0 Å². The summed E-state index contributed by atoms with van der Waals surface area (Å²) in [6.45, 7) is 12.5. The van der Waals surface area contributed by atoms with Crippen molar-refractivity contribution in [2.75, 3.05) is 13.1 Å². The van der Waals surface area contributed by atoms with Crippen LogP contribution in [0.5, 0.6) is 0 Å². The molecule has 1 unspecified atom stereocenters. The van der Waals surface area contributed by atoms with Gasteiger partial charge in [0.05, 0.1) is 5.92 Å². The van der Waals surface area contributed by atoms with Crippen LogP contribution in [-0.2, 0) is 9.22 Å². The number of hydrogen-bond donors (Lipinski definition) is 1. The molecule has 0 amide bonds. The highest BCUT2D eigenvalue weighted by atomic mass is 28.4. The lowest BCUT2D eigenvalue weighted by atomic mass is 10.0. The van der Waals surface area contributed by atoms with E-state index in [4.69, 9.17) is 4.43 Å². The normalized spacial score (nSPS) is 22.9. The molecular weight excluding hydrogens is 218 g/mol. The average molecular weight is 243 g/mol. The summed E-state index contributed by atoms with van der Waals surface area (Å²) in [6.07, 6.45) is 2.05. The van der Waals surface area contributed by atoms with E-state index in [9.17, 15) is 4.79 Å². The number of carbonyl (C=O) groups is 1. The molecule has 1 heterocycles. The molecule has 0 radical (unpaired) electrons. The standard InChI is InChI=1S/C12H25NO2Si/c1-12(2,3)16(4,5)15-11(14)10-7-6-8-13-9-10/h10,13H,6-9H2,1-5H3. The van der Waals surface area contributed by atoms with E-state index < -0.39 is 8.32 Å². The first-order valence-corrected chi connectivity index (χ1v) is 9.08. The fourth-order valence-electron chi connectivity index (χ4n) is 1.54. The molecule has 4 heteroatoms. The summed E-state index contributed by atoms with van der Waals surface area (Å²) >= 11 is 0. The molecular formula is C12H25NO2Si. The van der Waals surface area contributed by atoms with Crippen LogP contribution in [0.25, 0.3) is 0 Å². The van der Waals surface area contributed by atoms with Crippen LogP contribution in [0.4, 0.5) is 0 Å². The Labute approximate surface area is 100 Å². The SMILES string of the molecule is CC(C)(C)[Si](C)(C)OC(=O)C1CCCNC1. The van der Waals surface area contributed by atoms with Gasteiger partial charge in [-0.3, -0.25) is 4.79 Å². The minimum atomic E-state index is -1.93. The molecule has 16 heavy (non-hydrogen) atoms. The minimum absolute atomic E-state index is 0.0128. The molecule has 1 N–H and O–H groups in total. The van der Waals surface area contributed by atoms with E-state index in [1.165, 1.54) is 0 Å². The molecule has 0 aromatic carbocycles. The third-order valence-corrected chi connectivity index (χ3v) is 8.12. The fourth-order valence-corrected chi connectivity index (χ4v) is 2.52. The van der Waals surface area contributed by atoms with Gasteiger partial charge in [0.25, 0.3) is 14.3 Å². The molecule has 1 rings (SSSR count). The summed E-state index contributed by atoms with van der Waals surface area (Å²) in [5.74, 6) is 0.0849. The van der Waals surface area contributed by atoms with Crippen LogP contribution < -0.4 is 5.32 Å². The Morgan fingerprint density at radius 3 is 2.44 bits per heavy atom. The van der Waals surface area contributed by atoms with Crippen LogP contribution in [-0.4, -0.2) is 27.4 Å². The van der Waals surface area contributed by atoms with Crippen molar-refractivity contribution in [1.29, 1.82) is 0 Å². The number of piperidine rings is 1. The summed E-state index contributed by atoms with van der Waals surface area (Å²) in [4.78, 5) is 12.0. The van der Waals surface area contributed by atoms with Gasteiger partial charge in [-0.2, -0.15) is 0 Å². The fraction of sp³-hybridized carbons (Fsp3) is 0.917. The maximum absolute atomic E-state index is 12.0. The van der Waals surface area contributed by atoms with Gasteiger partial charge in [-0.25, -0.2) is 0 Å². The molecule has 1 aliphatic heterocycles. The lowest BCUT2D eigenvalue weighted by Crippen LogP contribution is -2.46. The van der Waals surface area contributed by atoms with Crippen molar-refractivity contribution in [3.05, 3.63) is 0 Å². The first-order chi connectivity index (χ1) is 7.24. The molecule has 0 saturated carbocycles. The first-order valence-electron chi connectivity index (χ1n) is 6.17. The highest BCUT2D eigenvalue weighted by Crippen LogP contribution is 2.37. The van der Waals surface area contributed by atoms with Crippen molar-refractivity contribution >= 4 is 14.3 Å². The van der Waals surface area contributed by atoms with Crippen molar-refractivity contribution < 1.29 is 9.22 Å². The van der Waals surface area contributed by atoms with Gasteiger partial charge in [0, 0.05) is 6.54 Å². The Morgan fingerprint density at radius 1 is 1.38 bits per heavy atom. The Balaban J connectivity index is 2.56. The third kappa shape index (κ3) is 3.32. The van der Waals surface area contributed by atoms with Crippen LogP contribution in [0.1, 0.15) is 33.6 Å². The highest BCUT2D eigenvalue weighted by molar-refractivity contribution is 6.75. The van der Waals surface area contributed by atoms with Crippen molar-refractivity contribution in [3.63, 3.8) is 0 Å². The maximum Gasteiger partial charge on any atom is 0.296 e. The van der Waals surface area contributed by atoms with E-state index in [1.54, 1.807) is 0 Å². The minimum Gasteiger partial charge on any atom is -0.519 e. The van der Waals surface area contributed by atoms with E-state index in [0.29, 0.717) is 0 Å². The van der Waals surface area contributed by atoms with Gasteiger partial charge in [0.15, 0.2) is 0 Å². The lowest BCUT2D eigenvalue weighted by molar-refractivity contribution is -0.140. The molecule has 1 saturated heterocycles. The maximum atomic E-state index is 12.0. The second-order valence-corrected chi connectivity index (χ2v) is 10.9. The number of hydrogen-bond acceptors (Lipinski definition) is 3. The predicted molar refractivity (Wildman–Crippen MR) is 68.9 cm³/mol. The molecule has 0 aromatic heterocycles. The molecule has 1 aliphatic rings. The second-order valence-electron chi connectivity index (χ2n) is 6.22. The van der Waals surface area contributed by atoms with E-state index in [-0.39, 0.29) is 16.9 Å². The van der Waals surface area contributed by atoms with E-state index in [2.05, 4.69) is 39.2 Å². The number of nitrogens with one attached hydrogen (secondary N) is 1. The Bertz CT molecular complexity index is 252. The summed E-state index contributed by atoms with van der Waals surface area (Å²) in [5.41, 5.74) is 0. The number of rotatable bonds is 2. The predicted octanol–water partition coefficient (Wildman–Crippen LogP) is 2.53. The van der Waals surface area contributed by atoms with Gasteiger partial charge < -0.3 is 9.74 Å². The van der Waals surface area contributed by atoms with Gasteiger partial charge in [-0.1, -0.05) is 20.8 Å². The molecule has 0 bridgehead atoms. The molecule has 0 aliphatic carbocycles. The Hall–Kier alpha value is -0.353. The zero-order chi connectivity index (χ0) is 12.4. The van der Waals surface area contributed by atoms with Crippen molar-refractivity contribution in [2.45, 2.75) is 51.7 Å². The number of carbonyl (C=O) groups excluding carboxylic acids is 1.